The number of hydrogen-bond acceptors (Lipinski definition) is 6. The van der Waals surface area contributed by atoms with Crippen LogP contribution in [0.1, 0.15) is 52.0 Å². The van der Waals surface area contributed by atoms with Crippen molar-refractivity contribution in [3.05, 3.63) is 57.1 Å². The number of allylic oxidation sites excluding steroid dienone is 6. The van der Waals surface area contributed by atoms with Crippen LogP contribution in [0.3, 0.4) is 0 Å². The number of rotatable bonds is 3. The van der Waals surface area contributed by atoms with Crippen molar-refractivity contribution >= 4 is 39.3 Å². The molecule has 4 aliphatic rings. The third kappa shape index (κ3) is 3.60. The quantitative estimate of drug-likeness (QED) is 0.339. The third-order valence-electron chi connectivity index (χ3n) is 7.62. The van der Waals surface area contributed by atoms with Crippen molar-refractivity contribution < 1.29 is 29.0 Å². The first-order valence-electron chi connectivity index (χ1n) is 12.2. The summed E-state index contributed by atoms with van der Waals surface area (Å²) < 4.78 is 5.79. The van der Waals surface area contributed by atoms with Gasteiger partial charge in [0.25, 0.3) is 0 Å². The van der Waals surface area contributed by atoms with Crippen LogP contribution in [0.15, 0.2) is 51.6 Å². The first kappa shape index (κ1) is 24.7. The molecule has 5 rings (SSSR count). The highest BCUT2D eigenvalue weighted by molar-refractivity contribution is 9.12. The van der Waals surface area contributed by atoms with E-state index >= 15 is 0 Å². The summed E-state index contributed by atoms with van der Waals surface area (Å²) in [6.07, 6.45) is 3.90. The molecule has 7 nitrogen and oxygen atoms in total. The zero-order chi connectivity index (χ0) is 26.1. The molecule has 0 bridgehead atoms. The number of carbonyl (C=O) groups excluding carboxylic acids is 4. The molecule has 1 aromatic rings. The van der Waals surface area contributed by atoms with E-state index in [0.29, 0.717) is 29.7 Å². The topological polar surface area (TPSA) is 101 Å². The fourth-order valence-electron chi connectivity index (χ4n) is 6.23. The fraction of sp³-hybridized carbons (Fsp3) is 0.429. The lowest BCUT2D eigenvalue weighted by Crippen LogP contribution is -2.46. The van der Waals surface area contributed by atoms with E-state index in [-0.39, 0.29) is 45.8 Å². The second-order valence-corrected chi connectivity index (χ2v) is 11.6. The van der Waals surface area contributed by atoms with E-state index in [9.17, 15) is 24.3 Å². The average molecular weight is 554 g/mol. The van der Waals surface area contributed by atoms with Crippen molar-refractivity contribution in [1.82, 2.24) is 4.90 Å². The molecule has 0 unspecified atom stereocenters. The highest BCUT2D eigenvalue weighted by Crippen LogP contribution is 2.56. The van der Waals surface area contributed by atoms with Crippen molar-refractivity contribution in [3.63, 3.8) is 0 Å². The van der Waals surface area contributed by atoms with Crippen LogP contribution in [0.25, 0.3) is 0 Å². The average Bonchev–Trinajstić information content (AvgIpc) is 3.08. The molecule has 1 fully saturated rings. The van der Waals surface area contributed by atoms with Crippen LogP contribution in [-0.2, 0) is 19.2 Å². The number of fused-ring (bicyclic) bond motifs is 3. The minimum atomic E-state index is -0.657. The molecule has 8 heteroatoms. The normalized spacial score (nSPS) is 28.0. The van der Waals surface area contributed by atoms with Gasteiger partial charge in [0.2, 0.25) is 11.8 Å². The summed E-state index contributed by atoms with van der Waals surface area (Å²) in [4.78, 5) is 54.9. The smallest absolute Gasteiger partial charge is 0.234 e. The summed E-state index contributed by atoms with van der Waals surface area (Å²) in [5, 5.41) is 10.3. The Morgan fingerprint density at radius 1 is 1.11 bits per heavy atom. The number of likely N-dealkylation sites (tertiary alicyclic amines) is 1. The molecule has 0 saturated carbocycles. The van der Waals surface area contributed by atoms with E-state index in [1.54, 1.807) is 12.1 Å². The molecule has 1 N–H and O–H groups in total. The molecule has 0 spiro atoms. The van der Waals surface area contributed by atoms with Gasteiger partial charge in [0.1, 0.15) is 0 Å². The van der Waals surface area contributed by atoms with Gasteiger partial charge in [-0.2, -0.15) is 0 Å². The summed E-state index contributed by atoms with van der Waals surface area (Å²) in [5.74, 6) is -2.74. The van der Waals surface area contributed by atoms with Crippen LogP contribution in [0.5, 0.6) is 11.5 Å². The van der Waals surface area contributed by atoms with Gasteiger partial charge < -0.3 is 9.84 Å². The molecule has 1 aliphatic heterocycles. The van der Waals surface area contributed by atoms with Crippen LogP contribution in [0, 0.1) is 17.8 Å². The van der Waals surface area contributed by atoms with Gasteiger partial charge in [-0.15, -0.1) is 0 Å². The number of phenolic OH excluding ortho intramolecular Hbond substituents is 1. The molecule has 0 aromatic heterocycles. The van der Waals surface area contributed by atoms with Gasteiger partial charge >= 0.3 is 0 Å². The molecule has 0 radical (unpaired) electrons. The Labute approximate surface area is 218 Å². The Balaban J connectivity index is 1.68. The monoisotopic (exact) mass is 553 g/mol. The second-order valence-electron chi connectivity index (χ2n) is 10.7. The maximum Gasteiger partial charge on any atom is 0.234 e. The highest BCUT2D eigenvalue weighted by atomic mass is 79.9. The van der Waals surface area contributed by atoms with Crippen molar-refractivity contribution in [1.29, 1.82) is 0 Å². The third-order valence-corrected chi connectivity index (χ3v) is 8.21. The molecule has 1 saturated heterocycles. The number of ether oxygens (including phenoxy) is 1. The zero-order valence-corrected chi connectivity index (χ0v) is 22.2. The van der Waals surface area contributed by atoms with E-state index in [0.717, 1.165) is 5.57 Å². The Bertz CT molecular complexity index is 1310. The van der Waals surface area contributed by atoms with Crippen LogP contribution in [0.4, 0.5) is 0 Å². The van der Waals surface area contributed by atoms with Gasteiger partial charge in [-0.3, -0.25) is 24.1 Å². The molecule has 36 heavy (non-hydrogen) atoms. The zero-order valence-electron chi connectivity index (χ0n) is 20.6. The molecule has 4 atom stereocenters. The number of Topliss-reactive ketones (excluding diaryl/α,β-unsaturated/α-hetero) is 1. The Morgan fingerprint density at radius 2 is 1.83 bits per heavy atom. The molecule has 188 valence electrons. The number of amides is 2. The minimum Gasteiger partial charge on any atom is -0.504 e. The lowest BCUT2D eigenvalue weighted by Gasteiger charge is -2.42. The number of ketones is 2. The SMILES string of the molecule is CCOc1cc([C@H]2C3=CC[C@@H]4C(=O)N(C(C)(C)C)C(=O)[C@@H]4[C@@H]3CC3=C2C(=O)C=C(Br)C3=O)ccc1O. The number of imide groups is 1. The molecular weight excluding hydrogens is 526 g/mol. The van der Waals surface area contributed by atoms with Gasteiger partial charge in [0.05, 0.1) is 22.9 Å². The van der Waals surface area contributed by atoms with Crippen LogP contribution >= 0.6 is 15.9 Å². The Kier molecular flexibility index (Phi) is 5.86. The van der Waals surface area contributed by atoms with E-state index < -0.39 is 29.2 Å². The second kappa shape index (κ2) is 8.54. The molecule has 1 heterocycles. The van der Waals surface area contributed by atoms with E-state index in [1.165, 1.54) is 17.0 Å². The lowest BCUT2D eigenvalue weighted by molar-refractivity contribution is -0.145. The molecule has 2 amide bonds. The van der Waals surface area contributed by atoms with Crippen molar-refractivity contribution in [3.8, 4) is 11.5 Å². The maximum atomic E-state index is 13.7. The number of halogens is 1. The van der Waals surface area contributed by atoms with E-state index in [1.807, 2.05) is 33.8 Å². The molecular formula is C28H28BrNO6. The number of phenols is 1. The highest BCUT2D eigenvalue weighted by Gasteiger charge is 2.58. The Morgan fingerprint density at radius 3 is 2.50 bits per heavy atom. The van der Waals surface area contributed by atoms with Crippen LogP contribution < -0.4 is 4.74 Å². The first-order chi connectivity index (χ1) is 17.0. The van der Waals surface area contributed by atoms with E-state index in [2.05, 4.69) is 15.9 Å². The van der Waals surface area contributed by atoms with Gasteiger partial charge in [-0.25, -0.2) is 0 Å². The summed E-state index contributed by atoms with van der Waals surface area (Å²) in [5.41, 5.74) is 1.67. The predicted octanol–water partition coefficient (Wildman–Crippen LogP) is 4.35. The van der Waals surface area contributed by atoms with Crippen molar-refractivity contribution in [2.24, 2.45) is 17.8 Å². The summed E-state index contributed by atoms with van der Waals surface area (Å²) >= 11 is 3.24. The van der Waals surface area contributed by atoms with Crippen molar-refractivity contribution in [2.45, 2.75) is 52.0 Å². The lowest BCUT2D eigenvalue weighted by atomic mass is 9.59. The van der Waals surface area contributed by atoms with Gasteiger partial charge in [0, 0.05) is 28.7 Å². The fourth-order valence-corrected chi connectivity index (χ4v) is 6.68. The predicted molar refractivity (Wildman–Crippen MR) is 135 cm³/mol. The minimum absolute atomic E-state index is 0.0223. The van der Waals surface area contributed by atoms with Crippen LogP contribution in [-0.4, -0.2) is 45.5 Å². The molecule has 1 aromatic carbocycles. The number of carbonyl (C=O) groups is 4. The summed E-state index contributed by atoms with van der Waals surface area (Å²) in [6.45, 7) is 7.68. The molecule has 3 aliphatic carbocycles. The first-order valence-corrected chi connectivity index (χ1v) is 13.0. The van der Waals surface area contributed by atoms with E-state index in [4.69, 9.17) is 4.74 Å². The number of nitrogens with zero attached hydrogens (tertiary/aromatic N) is 1. The summed E-state index contributed by atoms with van der Waals surface area (Å²) in [7, 11) is 0. The van der Waals surface area contributed by atoms with Crippen LogP contribution in [0.2, 0.25) is 0 Å². The summed E-state index contributed by atoms with van der Waals surface area (Å²) in [6, 6.07) is 4.93. The maximum absolute atomic E-state index is 13.7. The number of benzene rings is 1. The van der Waals surface area contributed by atoms with Gasteiger partial charge in [-0.05, 0) is 80.1 Å². The largest absolute Gasteiger partial charge is 0.504 e. The number of hydrogen-bond donors (Lipinski definition) is 1. The number of aromatic hydroxyl groups is 1. The standard InChI is InChI=1S/C28H28BrNO6/c1-5-36-21-10-13(6-9-19(21)31)22-14-7-8-15-23(27(35)30(26(15)34)28(2,3)4)16(14)11-17-24(22)20(32)12-18(29)25(17)33/h6-7,9-10,12,15-16,22-23,31H,5,8,11H2,1-4H3/t15-,16+,22-,23-/m0/s1. The van der Waals surface area contributed by atoms with Gasteiger partial charge in [-0.1, -0.05) is 17.7 Å². The Hall–Kier alpha value is -3.00. The van der Waals surface area contributed by atoms with Gasteiger partial charge in [0.15, 0.2) is 23.1 Å². The van der Waals surface area contributed by atoms with Crippen molar-refractivity contribution in [2.75, 3.05) is 6.61 Å².